The van der Waals surface area contributed by atoms with Crippen LogP contribution in [0.1, 0.15) is 53.8 Å². The average Bonchev–Trinajstić information content (AvgIpc) is 3.32. The zero-order valence-electron chi connectivity index (χ0n) is 16.2. The van der Waals surface area contributed by atoms with Gasteiger partial charge in [-0.3, -0.25) is 9.78 Å². The van der Waals surface area contributed by atoms with Gasteiger partial charge >= 0.3 is 0 Å². The molecule has 142 valence electrons. The number of anilines is 1. The average molecular weight is 374 g/mol. The highest BCUT2D eigenvalue weighted by molar-refractivity contribution is 6.32. The molecule has 2 bridgehead atoms. The first-order valence-corrected chi connectivity index (χ1v) is 9.97. The Morgan fingerprint density at radius 3 is 3.07 bits per heavy atom. The molecular formula is C20H23BN6O. The minimum absolute atomic E-state index is 0.0435. The van der Waals surface area contributed by atoms with Gasteiger partial charge < -0.3 is 10.2 Å². The van der Waals surface area contributed by atoms with Crippen molar-refractivity contribution in [3.05, 3.63) is 47.5 Å². The number of nitrogens with one attached hydrogen (secondary N) is 1. The molecule has 28 heavy (non-hydrogen) atoms. The van der Waals surface area contributed by atoms with Crippen molar-refractivity contribution < 1.29 is 4.79 Å². The zero-order chi connectivity index (χ0) is 19.3. The number of carbonyl (C=O) groups is 1. The molecule has 1 saturated heterocycles. The summed E-state index contributed by atoms with van der Waals surface area (Å²) in [4.78, 5) is 24.8. The van der Waals surface area contributed by atoms with Crippen LogP contribution in [0.3, 0.4) is 0 Å². The molecule has 3 aromatic rings. The molecule has 0 saturated carbocycles. The van der Waals surface area contributed by atoms with Crippen LogP contribution in [0.5, 0.6) is 0 Å². The minimum Gasteiger partial charge on any atom is -0.349 e. The summed E-state index contributed by atoms with van der Waals surface area (Å²) in [7, 11) is 2.10. The van der Waals surface area contributed by atoms with Gasteiger partial charge in [-0.05, 0) is 44.2 Å². The van der Waals surface area contributed by atoms with Crippen molar-refractivity contribution in [2.45, 2.75) is 44.7 Å². The highest BCUT2D eigenvalue weighted by Crippen LogP contribution is 2.36. The third-order valence-corrected chi connectivity index (χ3v) is 5.84. The molecule has 1 amide bonds. The van der Waals surface area contributed by atoms with E-state index in [1.165, 1.54) is 11.0 Å². The normalized spacial score (nSPS) is 22.2. The van der Waals surface area contributed by atoms with Crippen molar-refractivity contribution in [1.29, 1.82) is 0 Å². The van der Waals surface area contributed by atoms with Gasteiger partial charge in [0, 0.05) is 30.7 Å². The van der Waals surface area contributed by atoms with Gasteiger partial charge in [0.2, 0.25) is 0 Å². The molecule has 0 spiro atoms. The smallest absolute Gasteiger partial charge is 0.256 e. The lowest BCUT2D eigenvalue weighted by atomic mass is 9.91. The van der Waals surface area contributed by atoms with E-state index in [4.69, 9.17) is 9.97 Å². The van der Waals surface area contributed by atoms with E-state index in [0.29, 0.717) is 11.2 Å². The second-order valence-electron chi connectivity index (χ2n) is 7.93. The summed E-state index contributed by atoms with van der Waals surface area (Å²) >= 11 is 0. The largest absolute Gasteiger partial charge is 0.349 e. The van der Waals surface area contributed by atoms with Crippen LogP contribution in [0.2, 0.25) is 0 Å². The second-order valence-corrected chi connectivity index (χ2v) is 7.93. The third-order valence-electron chi connectivity index (χ3n) is 5.84. The number of pyridine rings is 1. The van der Waals surface area contributed by atoms with E-state index in [0.717, 1.165) is 43.7 Å². The van der Waals surface area contributed by atoms with Gasteiger partial charge in [0.05, 0.1) is 12.2 Å². The predicted molar refractivity (Wildman–Crippen MR) is 110 cm³/mol. The molecule has 2 atom stereocenters. The fourth-order valence-electron chi connectivity index (χ4n) is 4.39. The van der Waals surface area contributed by atoms with Gasteiger partial charge in [-0.1, -0.05) is 11.5 Å². The number of hydrogen-bond donors (Lipinski definition) is 1. The van der Waals surface area contributed by atoms with Crippen LogP contribution in [0.15, 0.2) is 30.7 Å². The van der Waals surface area contributed by atoms with Gasteiger partial charge in [0.1, 0.15) is 19.2 Å². The van der Waals surface area contributed by atoms with Crippen molar-refractivity contribution >= 4 is 30.7 Å². The van der Waals surface area contributed by atoms with Gasteiger partial charge in [-0.15, -0.1) is 0 Å². The lowest BCUT2D eigenvalue weighted by Crippen LogP contribution is -2.33. The standard InChI is InChI=1S/C20H23BN6O/c1-12-4-5-16-14(9-13(21)10-22-16)17-3-2-7-26(17)18-6-8-27-19(25-18)15(11-23-27)20(28)24-12/h6,8-12,17H,2-5,7,21H2,1H3,(H,24,28). The van der Waals surface area contributed by atoms with E-state index in [1.54, 1.807) is 10.7 Å². The third kappa shape index (κ3) is 2.84. The number of rotatable bonds is 0. The van der Waals surface area contributed by atoms with Crippen molar-refractivity contribution in [2.75, 3.05) is 11.4 Å². The van der Waals surface area contributed by atoms with Crippen molar-refractivity contribution in [3.8, 4) is 0 Å². The summed E-state index contributed by atoms with van der Waals surface area (Å²) in [5.41, 5.74) is 4.74. The lowest BCUT2D eigenvalue weighted by Gasteiger charge is -2.28. The Hall–Kier alpha value is -2.90. The molecule has 5 heterocycles. The zero-order valence-corrected chi connectivity index (χ0v) is 16.2. The molecule has 2 aliphatic heterocycles. The van der Waals surface area contributed by atoms with Crippen LogP contribution in [-0.4, -0.2) is 45.9 Å². The molecule has 1 fully saturated rings. The fourth-order valence-corrected chi connectivity index (χ4v) is 4.39. The first-order valence-electron chi connectivity index (χ1n) is 9.97. The van der Waals surface area contributed by atoms with Gasteiger partial charge in [-0.2, -0.15) is 5.10 Å². The summed E-state index contributed by atoms with van der Waals surface area (Å²) < 4.78 is 1.67. The number of carbonyl (C=O) groups excluding carboxylic acids is 1. The Kier molecular flexibility index (Phi) is 4.07. The van der Waals surface area contributed by atoms with Gasteiger partial charge in [0.25, 0.3) is 5.91 Å². The highest BCUT2D eigenvalue weighted by atomic mass is 16.1. The topological polar surface area (TPSA) is 75.4 Å². The van der Waals surface area contributed by atoms with Crippen LogP contribution >= 0.6 is 0 Å². The molecule has 1 N–H and O–H groups in total. The Morgan fingerprint density at radius 1 is 1.29 bits per heavy atom. The summed E-state index contributed by atoms with van der Waals surface area (Å²) in [5, 5.41) is 7.40. The van der Waals surface area contributed by atoms with Crippen molar-refractivity contribution in [3.63, 3.8) is 0 Å². The van der Waals surface area contributed by atoms with E-state index in [2.05, 4.69) is 29.2 Å². The number of fused-ring (bicyclic) bond motifs is 5. The SMILES string of the molecule is Bc1cnc2c(c1)C1CCCN1c1ccn3ncc(c3n1)C(=O)NC(C)CC2. The fraction of sp³-hybridized carbons (Fsp3) is 0.400. The van der Waals surface area contributed by atoms with E-state index >= 15 is 0 Å². The maximum atomic E-state index is 12.8. The van der Waals surface area contributed by atoms with Crippen LogP contribution in [0.25, 0.3) is 5.65 Å². The first kappa shape index (κ1) is 17.2. The van der Waals surface area contributed by atoms with E-state index < -0.39 is 0 Å². The minimum atomic E-state index is -0.124. The molecule has 5 rings (SSSR count). The van der Waals surface area contributed by atoms with Crippen LogP contribution in [0.4, 0.5) is 5.82 Å². The van der Waals surface area contributed by atoms with Crippen LogP contribution in [0, 0.1) is 0 Å². The first-order chi connectivity index (χ1) is 13.6. The Labute approximate surface area is 164 Å². The maximum absolute atomic E-state index is 12.8. The highest BCUT2D eigenvalue weighted by Gasteiger charge is 2.30. The molecule has 2 aliphatic rings. The van der Waals surface area contributed by atoms with Gasteiger partial charge in [-0.25, -0.2) is 9.50 Å². The number of aromatic nitrogens is 4. The summed E-state index contributed by atoms with van der Waals surface area (Å²) in [6.07, 6.45) is 9.34. The van der Waals surface area contributed by atoms with Crippen LogP contribution in [-0.2, 0) is 6.42 Å². The predicted octanol–water partition coefficient (Wildman–Crippen LogP) is 0.789. The van der Waals surface area contributed by atoms with E-state index in [-0.39, 0.29) is 18.0 Å². The van der Waals surface area contributed by atoms with Gasteiger partial charge in [0.15, 0.2) is 5.65 Å². The summed E-state index contributed by atoms with van der Waals surface area (Å²) in [5.74, 6) is 0.769. The van der Waals surface area contributed by atoms with Crippen LogP contribution < -0.4 is 15.7 Å². The molecule has 8 heteroatoms. The Morgan fingerprint density at radius 2 is 2.18 bits per heavy atom. The molecular weight excluding hydrogens is 351 g/mol. The number of aryl methyl sites for hydroxylation is 1. The molecule has 2 unspecified atom stereocenters. The molecule has 7 nitrogen and oxygen atoms in total. The number of hydrogen-bond acceptors (Lipinski definition) is 5. The van der Waals surface area contributed by atoms with Crippen molar-refractivity contribution in [1.82, 2.24) is 24.9 Å². The molecule has 0 aliphatic carbocycles. The molecule has 0 aromatic carbocycles. The number of nitrogens with zero attached hydrogens (tertiary/aromatic N) is 5. The second kappa shape index (κ2) is 6.62. The summed E-state index contributed by atoms with van der Waals surface area (Å²) in [6, 6.07) is 4.58. The lowest BCUT2D eigenvalue weighted by molar-refractivity contribution is 0.0940. The van der Waals surface area contributed by atoms with Crippen molar-refractivity contribution in [2.24, 2.45) is 0 Å². The Balaban J connectivity index is 1.69. The number of amides is 1. The maximum Gasteiger partial charge on any atom is 0.256 e. The quantitative estimate of drug-likeness (QED) is 0.589. The van der Waals surface area contributed by atoms with E-state index in [1.807, 2.05) is 25.4 Å². The van der Waals surface area contributed by atoms with E-state index in [9.17, 15) is 4.79 Å². The molecule has 3 aromatic heterocycles. The molecule has 0 radical (unpaired) electrons. The Bertz CT molecular complexity index is 1060. The monoisotopic (exact) mass is 374 g/mol. The summed E-state index contributed by atoms with van der Waals surface area (Å²) in [6.45, 7) is 2.99.